The second-order valence-corrected chi connectivity index (χ2v) is 5.83. The molecule has 0 amide bonds. The molecule has 0 fully saturated rings. The normalized spacial score (nSPS) is 20.3. The van der Waals surface area contributed by atoms with Crippen LogP contribution in [0.4, 0.5) is 0 Å². The lowest BCUT2D eigenvalue weighted by molar-refractivity contribution is 0.0391. The summed E-state index contributed by atoms with van der Waals surface area (Å²) in [7, 11) is 0. The molecule has 1 aromatic heterocycles. The molecule has 1 atom stereocenters. The van der Waals surface area contributed by atoms with Crippen LogP contribution in [0.15, 0.2) is 6.33 Å². The first-order valence-electron chi connectivity index (χ1n) is 7.45. The van der Waals surface area contributed by atoms with Gasteiger partial charge in [0.1, 0.15) is 0 Å². The Kier molecular flexibility index (Phi) is 4.63. The van der Waals surface area contributed by atoms with Crippen LogP contribution in [0.5, 0.6) is 0 Å². The number of nitrogens with zero attached hydrogens (tertiary/aromatic N) is 3. The molecule has 0 aliphatic carbocycles. The molecule has 0 radical (unpaired) electrons. The number of fused-ring (bicyclic) bond motifs is 1. The monoisotopic (exact) mass is 265 g/mol. The van der Waals surface area contributed by atoms with Gasteiger partial charge in [-0.25, -0.2) is 4.98 Å². The molecule has 0 spiro atoms. The first-order chi connectivity index (χ1) is 9.06. The van der Waals surface area contributed by atoms with Crippen LogP contribution in [-0.4, -0.2) is 40.3 Å². The molecule has 19 heavy (non-hydrogen) atoms. The summed E-state index contributed by atoms with van der Waals surface area (Å²) in [4.78, 5) is 7.15. The van der Waals surface area contributed by atoms with Crippen LogP contribution in [0.3, 0.4) is 0 Å². The average molecular weight is 265 g/mol. The average Bonchev–Trinajstić information content (AvgIpc) is 2.79. The zero-order chi connectivity index (χ0) is 14.0. The van der Waals surface area contributed by atoms with E-state index in [9.17, 15) is 0 Å². The van der Waals surface area contributed by atoms with Crippen LogP contribution in [0.2, 0.25) is 0 Å². The lowest BCUT2D eigenvalue weighted by Crippen LogP contribution is -2.43. The van der Waals surface area contributed by atoms with E-state index in [4.69, 9.17) is 4.74 Å². The van der Waals surface area contributed by atoms with Crippen molar-refractivity contribution in [3.8, 4) is 0 Å². The van der Waals surface area contributed by atoms with Crippen molar-refractivity contribution in [2.75, 3.05) is 19.8 Å². The molecule has 108 valence electrons. The van der Waals surface area contributed by atoms with Gasteiger partial charge in [0, 0.05) is 31.7 Å². The molecular weight excluding hydrogens is 238 g/mol. The highest BCUT2D eigenvalue weighted by Gasteiger charge is 2.33. The van der Waals surface area contributed by atoms with Crippen molar-refractivity contribution in [2.45, 2.75) is 59.2 Å². The lowest BCUT2D eigenvalue weighted by Gasteiger charge is -2.39. The van der Waals surface area contributed by atoms with Crippen LogP contribution in [0, 0.1) is 0 Å². The Morgan fingerprint density at radius 2 is 2.05 bits per heavy atom. The molecule has 4 nitrogen and oxygen atoms in total. The van der Waals surface area contributed by atoms with Gasteiger partial charge < -0.3 is 9.30 Å². The Morgan fingerprint density at radius 1 is 1.32 bits per heavy atom. The predicted molar refractivity (Wildman–Crippen MR) is 77.4 cm³/mol. The van der Waals surface area contributed by atoms with Gasteiger partial charge in [0.2, 0.25) is 0 Å². The van der Waals surface area contributed by atoms with E-state index in [0.29, 0.717) is 18.1 Å². The number of ether oxygens (including phenoxy) is 1. The van der Waals surface area contributed by atoms with Crippen LogP contribution < -0.4 is 0 Å². The molecule has 0 saturated heterocycles. The lowest BCUT2D eigenvalue weighted by atomic mass is 10.0. The quantitative estimate of drug-likeness (QED) is 0.820. The van der Waals surface area contributed by atoms with Gasteiger partial charge in [-0.3, -0.25) is 4.90 Å². The molecule has 0 saturated carbocycles. The second-order valence-electron chi connectivity index (χ2n) is 5.83. The molecule has 2 heterocycles. The summed E-state index contributed by atoms with van der Waals surface area (Å²) in [6.07, 6.45) is 3.05. The maximum Gasteiger partial charge on any atom is 0.0954 e. The maximum atomic E-state index is 5.73. The molecule has 1 aromatic rings. The largest absolute Gasteiger partial charge is 0.380 e. The fourth-order valence-electron chi connectivity index (χ4n) is 2.95. The third-order valence-electron chi connectivity index (χ3n) is 3.93. The van der Waals surface area contributed by atoms with Crippen molar-refractivity contribution in [2.24, 2.45) is 0 Å². The molecular formula is C15H27N3O. The van der Waals surface area contributed by atoms with Crippen LogP contribution >= 0.6 is 0 Å². The van der Waals surface area contributed by atoms with Crippen molar-refractivity contribution in [3.05, 3.63) is 17.7 Å². The Balaban J connectivity index is 2.35. The topological polar surface area (TPSA) is 30.3 Å². The molecule has 4 heteroatoms. The summed E-state index contributed by atoms with van der Waals surface area (Å²) in [6, 6.07) is 1.33. The molecule has 1 aliphatic heterocycles. The summed E-state index contributed by atoms with van der Waals surface area (Å²) in [5, 5.41) is 0. The minimum atomic E-state index is 0.341. The standard InChI is InChI=1S/C15H27N3O/c1-6-19-9-14-15-13(7-8-17(14)11(2)3)16-10-18(15)12(4)5/h10-12,14H,6-9H2,1-5H3. The summed E-state index contributed by atoms with van der Waals surface area (Å²) in [6.45, 7) is 13.6. The van der Waals surface area contributed by atoms with Crippen molar-refractivity contribution < 1.29 is 4.74 Å². The van der Waals surface area contributed by atoms with E-state index in [1.807, 2.05) is 6.33 Å². The molecule has 2 rings (SSSR count). The highest BCUT2D eigenvalue weighted by atomic mass is 16.5. The van der Waals surface area contributed by atoms with Crippen molar-refractivity contribution in [1.82, 2.24) is 14.5 Å². The van der Waals surface area contributed by atoms with E-state index < -0.39 is 0 Å². The van der Waals surface area contributed by atoms with Crippen LogP contribution in [0.25, 0.3) is 0 Å². The Hall–Kier alpha value is -0.870. The highest BCUT2D eigenvalue weighted by molar-refractivity contribution is 5.22. The third-order valence-corrected chi connectivity index (χ3v) is 3.93. The van der Waals surface area contributed by atoms with Gasteiger partial charge in [-0.05, 0) is 34.6 Å². The minimum Gasteiger partial charge on any atom is -0.380 e. The van der Waals surface area contributed by atoms with Gasteiger partial charge in [0.25, 0.3) is 0 Å². The summed E-state index contributed by atoms with van der Waals surface area (Å²) < 4.78 is 8.04. The SMILES string of the molecule is CCOCC1c2c(ncn2C(C)C)CCN1C(C)C. The Morgan fingerprint density at radius 3 is 2.63 bits per heavy atom. The van der Waals surface area contributed by atoms with Gasteiger partial charge in [-0.2, -0.15) is 0 Å². The summed E-state index contributed by atoms with van der Waals surface area (Å²) >= 11 is 0. The van der Waals surface area contributed by atoms with Gasteiger partial charge in [0.05, 0.1) is 30.4 Å². The fraction of sp³-hybridized carbons (Fsp3) is 0.800. The predicted octanol–water partition coefficient (Wildman–Crippen LogP) is 2.81. The Bertz CT molecular complexity index is 412. The number of rotatable bonds is 5. The molecule has 0 bridgehead atoms. The highest BCUT2D eigenvalue weighted by Crippen LogP contribution is 2.32. The smallest absolute Gasteiger partial charge is 0.0954 e. The van der Waals surface area contributed by atoms with Crippen LogP contribution in [0.1, 0.15) is 58.1 Å². The van der Waals surface area contributed by atoms with Crippen molar-refractivity contribution >= 4 is 0 Å². The van der Waals surface area contributed by atoms with Crippen LogP contribution in [-0.2, 0) is 11.2 Å². The van der Waals surface area contributed by atoms with Gasteiger partial charge in [-0.15, -0.1) is 0 Å². The number of aromatic nitrogens is 2. The van der Waals surface area contributed by atoms with Gasteiger partial charge in [-0.1, -0.05) is 0 Å². The van der Waals surface area contributed by atoms with E-state index in [0.717, 1.165) is 26.2 Å². The maximum absolute atomic E-state index is 5.73. The first-order valence-corrected chi connectivity index (χ1v) is 7.45. The zero-order valence-corrected chi connectivity index (χ0v) is 12.9. The fourth-order valence-corrected chi connectivity index (χ4v) is 2.95. The van der Waals surface area contributed by atoms with E-state index in [-0.39, 0.29) is 0 Å². The molecule has 0 aromatic carbocycles. The number of hydrogen-bond donors (Lipinski definition) is 0. The van der Waals surface area contributed by atoms with E-state index in [1.54, 1.807) is 0 Å². The minimum absolute atomic E-state index is 0.341. The van der Waals surface area contributed by atoms with E-state index in [2.05, 4.69) is 49.1 Å². The molecule has 0 N–H and O–H groups in total. The zero-order valence-electron chi connectivity index (χ0n) is 12.9. The number of hydrogen-bond acceptors (Lipinski definition) is 3. The van der Waals surface area contributed by atoms with E-state index in [1.165, 1.54) is 11.4 Å². The molecule has 1 aliphatic rings. The first kappa shape index (κ1) is 14.5. The van der Waals surface area contributed by atoms with Gasteiger partial charge >= 0.3 is 0 Å². The summed E-state index contributed by atoms with van der Waals surface area (Å²) in [5.41, 5.74) is 2.62. The van der Waals surface area contributed by atoms with Crippen molar-refractivity contribution in [1.29, 1.82) is 0 Å². The van der Waals surface area contributed by atoms with Gasteiger partial charge in [0.15, 0.2) is 0 Å². The van der Waals surface area contributed by atoms with Crippen molar-refractivity contribution in [3.63, 3.8) is 0 Å². The van der Waals surface area contributed by atoms with E-state index >= 15 is 0 Å². The number of imidazole rings is 1. The second kappa shape index (κ2) is 6.06. The summed E-state index contributed by atoms with van der Waals surface area (Å²) in [5.74, 6) is 0. The Labute approximate surface area is 116 Å². The third kappa shape index (κ3) is 2.84. The molecule has 1 unspecified atom stereocenters.